The predicted molar refractivity (Wildman–Crippen MR) is 110 cm³/mol. The topological polar surface area (TPSA) is 68.3 Å². The number of fused-ring (bicyclic) bond motifs is 1. The zero-order valence-electron chi connectivity index (χ0n) is 16.2. The van der Waals surface area contributed by atoms with Crippen LogP contribution in [0.1, 0.15) is 6.92 Å². The summed E-state index contributed by atoms with van der Waals surface area (Å²) in [5.41, 5.74) is 1.29. The van der Waals surface area contributed by atoms with Gasteiger partial charge in [0.15, 0.2) is 11.2 Å². The number of piperazine rings is 1. The lowest BCUT2D eigenvalue weighted by atomic mass is 10.1. The van der Waals surface area contributed by atoms with E-state index in [2.05, 4.69) is 27.8 Å². The largest absolute Gasteiger partial charge is 0.366 e. The minimum Gasteiger partial charge on any atom is -0.366 e. The normalized spacial score (nSPS) is 18.1. The average Bonchev–Trinajstić information content (AvgIpc) is 3.05. The van der Waals surface area contributed by atoms with Crippen molar-refractivity contribution >= 4 is 28.5 Å². The van der Waals surface area contributed by atoms with Gasteiger partial charge in [0.05, 0.1) is 13.0 Å². The number of aromatic nitrogens is 4. The van der Waals surface area contributed by atoms with Crippen LogP contribution in [-0.2, 0) is 20.8 Å². The fourth-order valence-corrected chi connectivity index (χ4v) is 4.11. The third kappa shape index (κ3) is 3.12. The summed E-state index contributed by atoms with van der Waals surface area (Å²) in [5, 5.41) is 0.714. The van der Waals surface area contributed by atoms with E-state index >= 15 is 0 Å². The van der Waals surface area contributed by atoms with Gasteiger partial charge in [-0.15, -0.1) is 0 Å². The van der Waals surface area contributed by atoms with Crippen molar-refractivity contribution in [2.75, 3.05) is 24.5 Å². The van der Waals surface area contributed by atoms with Gasteiger partial charge in [0.2, 0.25) is 0 Å². The van der Waals surface area contributed by atoms with Crippen LogP contribution >= 0.6 is 11.6 Å². The van der Waals surface area contributed by atoms with Crippen LogP contribution in [0.25, 0.3) is 11.2 Å². The maximum absolute atomic E-state index is 12.9. The molecule has 0 aliphatic carbocycles. The molecule has 0 saturated carbocycles. The van der Waals surface area contributed by atoms with E-state index in [1.165, 1.54) is 9.13 Å². The number of anilines is 1. The second-order valence-electron chi connectivity index (χ2n) is 7.34. The fraction of sp³-hybridized carbons (Fsp3) is 0.421. The van der Waals surface area contributed by atoms with Gasteiger partial charge in [-0.05, 0) is 25.1 Å². The van der Waals surface area contributed by atoms with Crippen molar-refractivity contribution in [2.45, 2.75) is 19.6 Å². The maximum Gasteiger partial charge on any atom is 0.333 e. The van der Waals surface area contributed by atoms with Crippen molar-refractivity contribution in [1.82, 2.24) is 23.6 Å². The molecule has 1 aliphatic rings. The Morgan fingerprint density at radius 3 is 2.71 bits per heavy atom. The minimum absolute atomic E-state index is 0.229. The highest BCUT2D eigenvalue weighted by Gasteiger charge is 2.25. The molecule has 2 aromatic heterocycles. The van der Waals surface area contributed by atoms with Crippen molar-refractivity contribution in [1.29, 1.82) is 0 Å². The first-order valence-corrected chi connectivity index (χ1v) is 9.60. The summed E-state index contributed by atoms with van der Waals surface area (Å²) >= 11 is 6.13. The van der Waals surface area contributed by atoms with Gasteiger partial charge in [-0.2, -0.15) is 0 Å². The molecule has 0 N–H and O–H groups in total. The molecule has 1 unspecified atom stereocenters. The molecule has 8 nitrogen and oxygen atoms in total. The van der Waals surface area contributed by atoms with E-state index in [0.29, 0.717) is 16.2 Å². The summed E-state index contributed by atoms with van der Waals surface area (Å²) in [6.45, 7) is 4.69. The van der Waals surface area contributed by atoms with Crippen LogP contribution in [-0.4, -0.2) is 49.3 Å². The second kappa shape index (κ2) is 7.10. The predicted octanol–water partition coefficient (Wildman–Crippen LogP) is 1.26. The highest BCUT2D eigenvalue weighted by atomic mass is 35.5. The van der Waals surface area contributed by atoms with Gasteiger partial charge in [-0.25, -0.2) is 14.3 Å². The standard InChI is InChI=1S/C19H23ClN6O2/c1-13-10-24(7-8-25(13)15-6-4-5-14(20)9-15)12-26-18(27)16-17(21-11-22(16)2)23(3)19(26)28/h4-6,9,11,13H,7-8,10,12H2,1-3H3. The number of hydrogen-bond donors (Lipinski definition) is 0. The van der Waals surface area contributed by atoms with Crippen LogP contribution in [0.2, 0.25) is 5.02 Å². The molecule has 3 heterocycles. The summed E-state index contributed by atoms with van der Waals surface area (Å²) in [6.07, 6.45) is 1.56. The molecule has 1 fully saturated rings. The Bertz CT molecular complexity index is 1150. The van der Waals surface area contributed by atoms with Gasteiger partial charge in [0.1, 0.15) is 0 Å². The molecule has 3 aromatic rings. The summed E-state index contributed by atoms with van der Waals surface area (Å²) in [5.74, 6) is 0. The molecule has 0 radical (unpaired) electrons. The van der Waals surface area contributed by atoms with Crippen molar-refractivity contribution < 1.29 is 0 Å². The number of benzene rings is 1. The Balaban J connectivity index is 1.59. The fourth-order valence-electron chi connectivity index (χ4n) is 3.92. The van der Waals surface area contributed by atoms with Gasteiger partial charge in [0.25, 0.3) is 5.56 Å². The van der Waals surface area contributed by atoms with Crippen LogP contribution in [0, 0.1) is 0 Å². The number of imidazole rings is 1. The average molecular weight is 403 g/mol. The smallest absolute Gasteiger partial charge is 0.333 e. The number of nitrogens with zero attached hydrogens (tertiary/aromatic N) is 6. The molecule has 1 aromatic carbocycles. The van der Waals surface area contributed by atoms with Crippen LogP contribution in [0.3, 0.4) is 0 Å². The Morgan fingerprint density at radius 2 is 2.00 bits per heavy atom. The molecule has 0 spiro atoms. The summed E-state index contributed by atoms with van der Waals surface area (Å²) in [7, 11) is 3.41. The Kier molecular flexibility index (Phi) is 4.76. The van der Waals surface area contributed by atoms with Crippen molar-refractivity contribution in [3.63, 3.8) is 0 Å². The molecule has 1 aliphatic heterocycles. The van der Waals surface area contributed by atoms with Crippen LogP contribution in [0.4, 0.5) is 5.69 Å². The van der Waals surface area contributed by atoms with Crippen LogP contribution in [0.15, 0.2) is 40.2 Å². The molecule has 0 bridgehead atoms. The quantitative estimate of drug-likeness (QED) is 0.659. The molecule has 28 heavy (non-hydrogen) atoms. The lowest BCUT2D eigenvalue weighted by Gasteiger charge is -2.41. The molecular weight excluding hydrogens is 380 g/mol. The van der Waals surface area contributed by atoms with Gasteiger partial charge in [-0.3, -0.25) is 14.3 Å². The first kappa shape index (κ1) is 18.8. The van der Waals surface area contributed by atoms with E-state index in [0.717, 1.165) is 25.3 Å². The van der Waals surface area contributed by atoms with Crippen LogP contribution < -0.4 is 16.1 Å². The van der Waals surface area contributed by atoms with Crippen molar-refractivity contribution in [2.24, 2.45) is 14.1 Å². The monoisotopic (exact) mass is 402 g/mol. The Morgan fingerprint density at radius 1 is 1.21 bits per heavy atom. The first-order valence-electron chi connectivity index (χ1n) is 9.22. The van der Waals surface area contributed by atoms with E-state index in [-0.39, 0.29) is 24.0 Å². The summed E-state index contributed by atoms with van der Waals surface area (Å²) in [4.78, 5) is 34.2. The number of aryl methyl sites for hydroxylation is 2. The van der Waals surface area contributed by atoms with Crippen molar-refractivity contribution in [3.8, 4) is 0 Å². The van der Waals surface area contributed by atoms with E-state index in [1.807, 2.05) is 18.2 Å². The lowest BCUT2D eigenvalue weighted by molar-refractivity contribution is 0.176. The number of hydrogen-bond acceptors (Lipinski definition) is 5. The van der Waals surface area contributed by atoms with E-state index in [9.17, 15) is 9.59 Å². The van der Waals surface area contributed by atoms with Gasteiger partial charge >= 0.3 is 5.69 Å². The number of rotatable bonds is 3. The molecule has 0 amide bonds. The SMILES string of the molecule is CC1CN(Cn2c(=O)c3c(ncn3C)n(C)c2=O)CCN1c1cccc(Cl)c1. The van der Waals surface area contributed by atoms with Crippen LogP contribution in [0.5, 0.6) is 0 Å². The highest BCUT2D eigenvalue weighted by molar-refractivity contribution is 6.30. The molecule has 1 atom stereocenters. The highest BCUT2D eigenvalue weighted by Crippen LogP contribution is 2.23. The van der Waals surface area contributed by atoms with Gasteiger partial charge in [0, 0.05) is 50.5 Å². The molecule has 4 rings (SSSR count). The second-order valence-corrected chi connectivity index (χ2v) is 7.78. The lowest BCUT2D eigenvalue weighted by Crippen LogP contribution is -2.54. The molecule has 148 valence electrons. The van der Waals surface area contributed by atoms with E-state index in [4.69, 9.17) is 11.6 Å². The van der Waals surface area contributed by atoms with E-state index < -0.39 is 0 Å². The van der Waals surface area contributed by atoms with Gasteiger partial charge < -0.3 is 9.47 Å². The van der Waals surface area contributed by atoms with Gasteiger partial charge in [-0.1, -0.05) is 17.7 Å². The molecular formula is C19H23ClN6O2. The first-order chi connectivity index (χ1) is 13.4. The summed E-state index contributed by atoms with van der Waals surface area (Å²) in [6, 6.07) is 8.05. The van der Waals surface area contributed by atoms with E-state index in [1.54, 1.807) is 25.0 Å². The zero-order chi connectivity index (χ0) is 20.0. The van der Waals surface area contributed by atoms with Crippen molar-refractivity contribution in [3.05, 3.63) is 56.5 Å². The third-order valence-corrected chi connectivity index (χ3v) is 5.63. The minimum atomic E-state index is -0.346. The Labute approximate surface area is 167 Å². The molecule has 1 saturated heterocycles. The summed E-state index contributed by atoms with van der Waals surface area (Å²) < 4.78 is 4.39. The Hall–Kier alpha value is -2.58. The molecule has 9 heteroatoms. The zero-order valence-corrected chi connectivity index (χ0v) is 16.9. The third-order valence-electron chi connectivity index (χ3n) is 5.39. The maximum atomic E-state index is 12.9. The number of halogens is 1.